The fourth-order valence-electron chi connectivity index (χ4n) is 4.69. The van der Waals surface area contributed by atoms with Gasteiger partial charge in [-0.3, -0.25) is 0 Å². The monoisotopic (exact) mass is 594 g/mol. The summed E-state index contributed by atoms with van der Waals surface area (Å²) in [6.07, 6.45) is 2.45. The SMILES string of the molecule is CC(=N)/C(SCc1ccccc1)=C(/C)Nc1cc(OC2CN(C(=O)N3N=CC[C@H]3c3cc(F)cc(F)c3)C2)c(F)cn1. The topological polar surface area (TPSA) is 93.9 Å². The number of nitrogens with one attached hydrogen (secondary N) is 2. The van der Waals surface area contributed by atoms with E-state index < -0.39 is 35.6 Å². The average molecular weight is 595 g/mol. The van der Waals surface area contributed by atoms with Crippen LogP contribution >= 0.6 is 11.8 Å². The largest absolute Gasteiger partial charge is 0.483 e. The molecular formula is C30H29F3N6O2S. The molecule has 2 aliphatic heterocycles. The number of nitrogens with zero attached hydrogens (tertiary/aromatic N) is 4. The number of hydrogen-bond donors (Lipinski definition) is 2. The third-order valence-corrected chi connectivity index (χ3v) is 8.13. The Hall–Kier alpha value is -4.32. The number of amides is 2. The molecule has 5 rings (SSSR count). The van der Waals surface area contributed by atoms with Gasteiger partial charge in [-0.15, -0.1) is 11.8 Å². The molecule has 1 atom stereocenters. The summed E-state index contributed by atoms with van der Waals surface area (Å²) in [4.78, 5) is 19.4. The van der Waals surface area contributed by atoms with Crippen LogP contribution in [0.15, 0.2) is 76.5 Å². The number of halogens is 3. The van der Waals surface area contributed by atoms with Gasteiger partial charge in [-0.25, -0.2) is 28.0 Å². The van der Waals surface area contributed by atoms with Crippen molar-refractivity contribution in [3.8, 4) is 5.75 Å². The van der Waals surface area contributed by atoms with Crippen LogP contribution in [0, 0.1) is 22.9 Å². The van der Waals surface area contributed by atoms with Crippen molar-refractivity contribution < 1.29 is 22.7 Å². The molecule has 42 heavy (non-hydrogen) atoms. The molecule has 1 fully saturated rings. The van der Waals surface area contributed by atoms with E-state index in [9.17, 15) is 18.0 Å². The molecule has 12 heteroatoms. The molecule has 0 bridgehead atoms. The van der Waals surface area contributed by atoms with Gasteiger partial charge in [0.2, 0.25) is 0 Å². The van der Waals surface area contributed by atoms with E-state index in [-0.39, 0.29) is 18.8 Å². The summed E-state index contributed by atoms with van der Waals surface area (Å²) in [6.45, 7) is 3.91. The summed E-state index contributed by atoms with van der Waals surface area (Å²) in [7, 11) is 0. The predicted octanol–water partition coefficient (Wildman–Crippen LogP) is 6.73. The molecular weight excluding hydrogens is 565 g/mol. The first-order valence-corrected chi connectivity index (χ1v) is 14.3. The van der Waals surface area contributed by atoms with Gasteiger partial charge in [0, 0.05) is 46.8 Å². The zero-order valence-corrected chi connectivity index (χ0v) is 23.8. The highest BCUT2D eigenvalue weighted by Crippen LogP contribution is 2.32. The number of pyridine rings is 1. The Bertz CT molecular complexity index is 1520. The molecule has 3 heterocycles. The van der Waals surface area contributed by atoms with Crippen LogP contribution in [0.2, 0.25) is 0 Å². The van der Waals surface area contributed by atoms with Crippen molar-refractivity contribution in [1.29, 1.82) is 5.41 Å². The summed E-state index contributed by atoms with van der Waals surface area (Å²) in [6, 6.07) is 13.5. The number of likely N-dealkylation sites (tertiary alicyclic amines) is 1. The summed E-state index contributed by atoms with van der Waals surface area (Å²) >= 11 is 1.53. The molecule has 0 unspecified atom stereocenters. The van der Waals surface area contributed by atoms with Crippen LogP contribution in [0.1, 0.15) is 37.4 Å². The smallest absolute Gasteiger partial charge is 0.341 e. The van der Waals surface area contributed by atoms with Gasteiger partial charge in [0.1, 0.15) is 23.6 Å². The molecule has 0 saturated carbocycles. The predicted molar refractivity (Wildman–Crippen MR) is 157 cm³/mol. The van der Waals surface area contributed by atoms with Gasteiger partial charge < -0.3 is 20.4 Å². The normalized spacial score (nSPS) is 17.1. The third kappa shape index (κ3) is 6.76. The second-order valence-electron chi connectivity index (χ2n) is 10.0. The number of benzene rings is 2. The van der Waals surface area contributed by atoms with Crippen molar-refractivity contribution in [2.75, 3.05) is 18.4 Å². The van der Waals surface area contributed by atoms with E-state index in [4.69, 9.17) is 10.1 Å². The molecule has 2 aliphatic rings. The molecule has 3 aromatic rings. The molecule has 8 nitrogen and oxygen atoms in total. The molecule has 1 aromatic heterocycles. The van der Waals surface area contributed by atoms with Gasteiger partial charge in [-0.05, 0) is 37.1 Å². The number of anilines is 1. The number of allylic oxidation sites excluding steroid dienone is 2. The van der Waals surface area contributed by atoms with E-state index in [1.165, 1.54) is 46.1 Å². The molecule has 0 radical (unpaired) electrons. The first-order chi connectivity index (χ1) is 20.2. The first-order valence-electron chi connectivity index (χ1n) is 13.3. The lowest BCUT2D eigenvalue weighted by Crippen LogP contribution is -2.58. The molecule has 2 amide bonds. The lowest BCUT2D eigenvalue weighted by molar-refractivity contribution is 0.0256. The maximum atomic E-state index is 14.6. The van der Waals surface area contributed by atoms with Gasteiger partial charge in [-0.1, -0.05) is 30.3 Å². The number of hydrogen-bond acceptors (Lipinski definition) is 7. The Kier molecular flexibility index (Phi) is 8.81. The van der Waals surface area contributed by atoms with E-state index in [2.05, 4.69) is 15.4 Å². The van der Waals surface area contributed by atoms with Gasteiger partial charge >= 0.3 is 6.03 Å². The maximum absolute atomic E-state index is 14.6. The van der Waals surface area contributed by atoms with Gasteiger partial charge in [0.15, 0.2) is 11.6 Å². The van der Waals surface area contributed by atoms with Crippen LogP contribution in [0.25, 0.3) is 0 Å². The van der Waals surface area contributed by atoms with E-state index in [1.54, 1.807) is 6.92 Å². The van der Waals surface area contributed by atoms with Crippen LogP contribution in [0.4, 0.5) is 23.8 Å². The molecule has 218 valence electrons. The Morgan fingerprint density at radius 3 is 2.50 bits per heavy atom. The number of carbonyl (C=O) groups is 1. The van der Waals surface area contributed by atoms with E-state index >= 15 is 0 Å². The third-order valence-electron chi connectivity index (χ3n) is 6.75. The summed E-state index contributed by atoms with van der Waals surface area (Å²) in [5.74, 6) is -1.07. The van der Waals surface area contributed by atoms with Crippen LogP contribution < -0.4 is 10.1 Å². The van der Waals surface area contributed by atoms with Crippen LogP contribution in [0.5, 0.6) is 5.75 Å². The van der Waals surface area contributed by atoms with Crippen LogP contribution in [0.3, 0.4) is 0 Å². The maximum Gasteiger partial charge on any atom is 0.341 e. The summed E-state index contributed by atoms with van der Waals surface area (Å²) < 4.78 is 47.9. The first kappa shape index (κ1) is 29.2. The lowest BCUT2D eigenvalue weighted by atomic mass is 10.0. The highest BCUT2D eigenvalue weighted by Gasteiger charge is 2.39. The Labute approximate surface area is 245 Å². The average Bonchev–Trinajstić information content (AvgIpc) is 3.42. The van der Waals surface area contributed by atoms with Gasteiger partial charge in [0.05, 0.1) is 25.3 Å². The molecule has 2 aromatic carbocycles. The van der Waals surface area contributed by atoms with Crippen molar-refractivity contribution in [3.05, 3.63) is 100.0 Å². The fraction of sp³-hybridized carbons (Fsp3) is 0.267. The number of ether oxygens (including phenoxy) is 1. The Morgan fingerprint density at radius 1 is 1.10 bits per heavy atom. The molecule has 2 N–H and O–H groups in total. The number of aromatic nitrogens is 1. The molecule has 0 spiro atoms. The Balaban J connectivity index is 1.19. The van der Waals surface area contributed by atoms with E-state index in [0.717, 1.165) is 22.7 Å². The summed E-state index contributed by atoms with van der Waals surface area (Å²) in [5, 5.41) is 16.7. The minimum atomic E-state index is -0.726. The summed E-state index contributed by atoms with van der Waals surface area (Å²) in [5.41, 5.74) is 2.54. The van der Waals surface area contributed by atoms with E-state index in [1.807, 2.05) is 37.3 Å². The fourth-order valence-corrected chi connectivity index (χ4v) is 5.68. The lowest BCUT2D eigenvalue weighted by Gasteiger charge is -2.41. The number of carbonyl (C=O) groups excluding carboxylic acids is 1. The zero-order valence-electron chi connectivity index (χ0n) is 23.0. The highest BCUT2D eigenvalue weighted by atomic mass is 32.2. The minimum absolute atomic E-state index is 0.0187. The zero-order chi connectivity index (χ0) is 29.8. The van der Waals surface area contributed by atoms with E-state index in [0.29, 0.717) is 35.0 Å². The number of rotatable bonds is 9. The van der Waals surface area contributed by atoms with Crippen molar-refractivity contribution >= 4 is 35.5 Å². The molecule has 1 saturated heterocycles. The van der Waals surface area contributed by atoms with Crippen molar-refractivity contribution in [3.63, 3.8) is 0 Å². The van der Waals surface area contributed by atoms with Crippen molar-refractivity contribution in [2.45, 2.75) is 38.2 Å². The van der Waals surface area contributed by atoms with Gasteiger partial charge in [0.25, 0.3) is 0 Å². The standard InChI is InChI=1S/C30H29F3N6O2S/c1-18(34)29(42-17-20-6-4-3-5-7-20)19(2)37-28-13-27(25(33)14-35-28)41-24-15-38(16-24)30(40)39-26(8-9-36-39)21-10-22(31)12-23(32)11-21/h3-7,9-14,24,26,34H,8,15-17H2,1-2H3,(H,35,37)/b29-19+,34-18?/t26-/m0/s1. The molecule has 0 aliphatic carbocycles. The minimum Gasteiger partial charge on any atom is -0.483 e. The van der Waals surface area contributed by atoms with Gasteiger partial charge in [-0.2, -0.15) is 5.10 Å². The number of hydrazone groups is 1. The Morgan fingerprint density at radius 2 is 1.81 bits per heavy atom. The van der Waals surface area contributed by atoms with Crippen LogP contribution in [-0.4, -0.2) is 52.0 Å². The number of thioether (sulfide) groups is 1. The second-order valence-corrected chi connectivity index (χ2v) is 11.0. The van der Waals surface area contributed by atoms with Crippen molar-refractivity contribution in [1.82, 2.24) is 14.9 Å². The highest BCUT2D eigenvalue weighted by molar-refractivity contribution is 8.03. The second kappa shape index (κ2) is 12.7. The van der Waals surface area contributed by atoms with Crippen molar-refractivity contribution in [2.24, 2.45) is 5.10 Å². The van der Waals surface area contributed by atoms with Crippen LogP contribution in [-0.2, 0) is 5.75 Å². The quantitative estimate of drug-likeness (QED) is 0.268. The number of urea groups is 1.